The van der Waals surface area contributed by atoms with Crippen molar-refractivity contribution in [2.45, 2.75) is 19.4 Å². The lowest BCUT2D eigenvalue weighted by atomic mass is 10.0. The van der Waals surface area contributed by atoms with Crippen LogP contribution in [0.4, 0.5) is 5.69 Å². The van der Waals surface area contributed by atoms with Gasteiger partial charge < -0.3 is 14.6 Å². The second-order valence-corrected chi connectivity index (χ2v) is 7.89. The van der Waals surface area contributed by atoms with Crippen molar-refractivity contribution >= 4 is 34.1 Å². The number of carbonyl (C=O) groups is 1. The molecule has 0 atom stereocenters. The fraction of sp³-hybridized carbons (Fsp3) is 0.192. The first-order valence-corrected chi connectivity index (χ1v) is 10.9. The maximum atomic E-state index is 12.7. The summed E-state index contributed by atoms with van der Waals surface area (Å²) in [5.41, 5.74) is 4.87. The predicted molar refractivity (Wildman–Crippen MR) is 127 cm³/mol. The molecule has 1 aromatic heterocycles. The Labute approximate surface area is 187 Å². The van der Waals surface area contributed by atoms with Crippen molar-refractivity contribution in [2.75, 3.05) is 18.3 Å². The molecule has 0 fully saturated rings. The van der Waals surface area contributed by atoms with Crippen LogP contribution in [0.25, 0.3) is 10.9 Å². The third-order valence-electron chi connectivity index (χ3n) is 5.29. The average molecular weight is 433 g/mol. The molecule has 1 N–H and O–H groups in total. The normalized spacial score (nSPS) is 10.9. The third kappa shape index (κ3) is 5.09. The molecule has 0 saturated carbocycles. The molecule has 5 heteroatoms. The maximum absolute atomic E-state index is 12.7. The highest BCUT2D eigenvalue weighted by molar-refractivity contribution is 6.17. The van der Waals surface area contributed by atoms with Crippen LogP contribution in [0.3, 0.4) is 0 Å². The Balaban J connectivity index is 1.48. The topological polar surface area (TPSA) is 43.3 Å². The summed E-state index contributed by atoms with van der Waals surface area (Å²) in [5, 5.41) is 4.16. The molecule has 1 amide bonds. The number of carbonyl (C=O) groups excluding carboxylic acids is 1. The Kier molecular flexibility index (Phi) is 6.58. The molecule has 31 heavy (non-hydrogen) atoms. The molecule has 4 aromatic rings. The number of hydrogen-bond donors (Lipinski definition) is 1. The van der Waals surface area contributed by atoms with Gasteiger partial charge in [0.1, 0.15) is 5.75 Å². The van der Waals surface area contributed by atoms with Crippen molar-refractivity contribution in [3.8, 4) is 5.75 Å². The maximum Gasteiger partial charge on any atom is 0.255 e. The fourth-order valence-electron chi connectivity index (χ4n) is 3.75. The summed E-state index contributed by atoms with van der Waals surface area (Å²) in [5.74, 6) is 1.24. The molecule has 1 heterocycles. The van der Waals surface area contributed by atoms with E-state index in [1.807, 2.05) is 36.4 Å². The van der Waals surface area contributed by atoms with Gasteiger partial charge in [-0.1, -0.05) is 24.3 Å². The first kappa shape index (κ1) is 21.0. The summed E-state index contributed by atoms with van der Waals surface area (Å²) in [7, 11) is 1.61. The Morgan fingerprint density at radius 1 is 1.00 bits per heavy atom. The van der Waals surface area contributed by atoms with E-state index in [4.69, 9.17) is 16.3 Å². The zero-order chi connectivity index (χ0) is 21.6. The third-order valence-corrected chi connectivity index (χ3v) is 5.56. The van der Waals surface area contributed by atoms with Gasteiger partial charge in [0.15, 0.2) is 0 Å². The highest BCUT2D eigenvalue weighted by Gasteiger charge is 2.09. The number of halogens is 1. The van der Waals surface area contributed by atoms with Crippen molar-refractivity contribution in [2.24, 2.45) is 0 Å². The summed E-state index contributed by atoms with van der Waals surface area (Å²) in [4.78, 5) is 12.7. The van der Waals surface area contributed by atoms with Crippen LogP contribution in [0.15, 0.2) is 79.0 Å². The van der Waals surface area contributed by atoms with Gasteiger partial charge in [0.2, 0.25) is 0 Å². The molecule has 4 rings (SSSR count). The van der Waals surface area contributed by atoms with Gasteiger partial charge in [0.05, 0.1) is 7.11 Å². The van der Waals surface area contributed by atoms with E-state index in [9.17, 15) is 4.79 Å². The summed E-state index contributed by atoms with van der Waals surface area (Å²) in [6.07, 6.45) is 3.84. The van der Waals surface area contributed by atoms with Crippen molar-refractivity contribution in [1.82, 2.24) is 4.57 Å². The van der Waals surface area contributed by atoms with Crippen LogP contribution in [0.1, 0.15) is 27.9 Å². The van der Waals surface area contributed by atoms with E-state index in [0.717, 1.165) is 24.9 Å². The van der Waals surface area contributed by atoms with Gasteiger partial charge in [0.25, 0.3) is 5.91 Å². The number of ether oxygens (including phenoxy) is 1. The minimum absolute atomic E-state index is 0.137. The van der Waals surface area contributed by atoms with E-state index in [0.29, 0.717) is 22.9 Å². The molecule has 0 aliphatic rings. The number of rotatable bonds is 8. The summed E-state index contributed by atoms with van der Waals surface area (Å²) < 4.78 is 7.46. The lowest BCUT2D eigenvalue weighted by Crippen LogP contribution is -2.12. The molecule has 0 aliphatic carbocycles. The number of methoxy groups -OCH3 is 1. The van der Waals surface area contributed by atoms with Crippen LogP contribution in [0.2, 0.25) is 0 Å². The van der Waals surface area contributed by atoms with Gasteiger partial charge >= 0.3 is 0 Å². The molecule has 0 aliphatic heterocycles. The van der Waals surface area contributed by atoms with Crippen LogP contribution in [0, 0.1) is 0 Å². The predicted octanol–water partition coefficient (Wildman–Crippen LogP) is 6.12. The number of anilines is 1. The van der Waals surface area contributed by atoms with E-state index < -0.39 is 0 Å². The number of amides is 1. The number of hydrogen-bond acceptors (Lipinski definition) is 2. The Morgan fingerprint density at radius 3 is 2.68 bits per heavy atom. The summed E-state index contributed by atoms with van der Waals surface area (Å²) >= 11 is 5.83. The second kappa shape index (κ2) is 9.71. The minimum Gasteiger partial charge on any atom is -0.497 e. The number of nitrogens with one attached hydrogen (secondary N) is 1. The molecule has 0 bridgehead atoms. The lowest BCUT2D eigenvalue weighted by Gasteiger charge is -2.09. The quantitative estimate of drug-likeness (QED) is 0.341. The fourth-order valence-corrected chi connectivity index (χ4v) is 3.87. The summed E-state index contributed by atoms with van der Waals surface area (Å²) in [6, 6.07) is 23.8. The Bertz CT molecular complexity index is 1200. The van der Waals surface area contributed by atoms with E-state index in [-0.39, 0.29) is 5.91 Å². The molecular formula is C26H25ClN2O2. The van der Waals surface area contributed by atoms with Crippen molar-refractivity contribution < 1.29 is 9.53 Å². The first-order chi connectivity index (χ1) is 15.2. The van der Waals surface area contributed by atoms with Gasteiger partial charge in [-0.05, 0) is 71.8 Å². The minimum atomic E-state index is -0.137. The largest absolute Gasteiger partial charge is 0.497 e. The van der Waals surface area contributed by atoms with E-state index in [1.54, 1.807) is 13.2 Å². The van der Waals surface area contributed by atoms with Gasteiger partial charge in [0, 0.05) is 41.5 Å². The average Bonchev–Trinajstić information content (AvgIpc) is 3.20. The van der Waals surface area contributed by atoms with Gasteiger partial charge in [-0.15, -0.1) is 11.6 Å². The molecule has 0 spiro atoms. The van der Waals surface area contributed by atoms with E-state index >= 15 is 0 Å². The van der Waals surface area contributed by atoms with Crippen LogP contribution in [-0.4, -0.2) is 23.5 Å². The Morgan fingerprint density at radius 2 is 1.84 bits per heavy atom. The molecule has 0 radical (unpaired) electrons. The van der Waals surface area contributed by atoms with Crippen molar-refractivity contribution in [3.05, 3.63) is 95.7 Å². The molecular weight excluding hydrogens is 408 g/mol. The molecule has 0 saturated heterocycles. The van der Waals surface area contributed by atoms with Crippen molar-refractivity contribution in [3.63, 3.8) is 0 Å². The van der Waals surface area contributed by atoms with Crippen LogP contribution in [-0.2, 0) is 13.0 Å². The first-order valence-electron chi connectivity index (χ1n) is 10.3. The monoisotopic (exact) mass is 432 g/mol. The van der Waals surface area contributed by atoms with Gasteiger partial charge in [-0.25, -0.2) is 0 Å². The zero-order valence-electron chi connectivity index (χ0n) is 17.5. The second-order valence-electron chi connectivity index (χ2n) is 7.51. The van der Waals surface area contributed by atoms with E-state index in [1.165, 1.54) is 16.5 Å². The number of alkyl halides is 1. The Hall–Kier alpha value is -3.24. The highest BCUT2D eigenvalue weighted by atomic mass is 35.5. The number of aryl methyl sites for hydroxylation is 1. The summed E-state index contributed by atoms with van der Waals surface area (Å²) in [6.45, 7) is 0.927. The van der Waals surface area contributed by atoms with Crippen LogP contribution in [0.5, 0.6) is 5.75 Å². The number of benzene rings is 3. The number of nitrogens with zero attached hydrogens (tertiary/aromatic N) is 1. The zero-order valence-corrected chi connectivity index (χ0v) is 18.2. The number of aromatic nitrogens is 1. The SMILES string of the molecule is COc1cccc(NC(=O)c2cccc(Cc3ccc4c(ccn4CCCCl)c3)c2)c1. The van der Waals surface area contributed by atoms with Crippen LogP contribution < -0.4 is 10.1 Å². The molecule has 4 nitrogen and oxygen atoms in total. The van der Waals surface area contributed by atoms with Crippen molar-refractivity contribution in [1.29, 1.82) is 0 Å². The van der Waals surface area contributed by atoms with Gasteiger partial charge in [-0.3, -0.25) is 4.79 Å². The van der Waals surface area contributed by atoms with Gasteiger partial charge in [-0.2, -0.15) is 0 Å². The lowest BCUT2D eigenvalue weighted by molar-refractivity contribution is 0.102. The smallest absolute Gasteiger partial charge is 0.255 e. The standard InChI is InChI=1S/C26H25ClN2O2/c1-31-24-8-3-7-23(18-24)28-26(30)22-6-2-5-19(17-22)15-20-9-10-25-21(16-20)11-14-29(25)13-4-12-27/h2-3,5-11,14,16-18H,4,12-13,15H2,1H3,(H,28,30). The molecule has 3 aromatic carbocycles. The molecule has 158 valence electrons. The van der Waals surface area contributed by atoms with E-state index in [2.05, 4.69) is 46.4 Å². The molecule has 0 unspecified atom stereocenters. The number of fused-ring (bicyclic) bond motifs is 1. The van der Waals surface area contributed by atoms with Crippen LogP contribution >= 0.6 is 11.6 Å². The highest BCUT2D eigenvalue weighted by Crippen LogP contribution is 2.21.